The van der Waals surface area contributed by atoms with E-state index < -0.39 is 0 Å². The van der Waals surface area contributed by atoms with E-state index >= 15 is 0 Å². The van der Waals surface area contributed by atoms with E-state index in [-0.39, 0.29) is 11.5 Å². The normalized spacial score (nSPS) is 11.0. The molecule has 0 aliphatic heterocycles. The molecule has 3 rings (SSSR count). The highest BCUT2D eigenvalue weighted by Crippen LogP contribution is 2.30. The molecule has 0 spiro atoms. The zero-order valence-corrected chi connectivity index (χ0v) is 13.9. The van der Waals surface area contributed by atoms with Crippen molar-refractivity contribution < 1.29 is 9.90 Å². The lowest BCUT2D eigenvalue weighted by molar-refractivity contribution is 0.103. The van der Waals surface area contributed by atoms with Crippen LogP contribution in [0.2, 0.25) is 0 Å². The molecule has 0 aliphatic rings. The molecule has 0 saturated heterocycles. The smallest absolute Gasteiger partial charge is 0.211 e. The Hall–Kier alpha value is -2.14. The van der Waals surface area contributed by atoms with E-state index in [2.05, 4.69) is 20.9 Å². The number of aromatic hydroxyl groups is 1. The Morgan fingerprint density at radius 3 is 2.82 bits per heavy atom. The zero-order valence-electron chi connectivity index (χ0n) is 12.3. The summed E-state index contributed by atoms with van der Waals surface area (Å²) in [5.41, 5.74) is 3.30. The summed E-state index contributed by atoms with van der Waals surface area (Å²) in [5, 5.41) is 9.84. The van der Waals surface area contributed by atoms with Gasteiger partial charge in [-0.2, -0.15) is 0 Å². The van der Waals surface area contributed by atoms with Gasteiger partial charge in [-0.3, -0.25) is 9.20 Å². The number of aryl methyl sites for hydroxylation is 2. The highest BCUT2D eigenvalue weighted by molar-refractivity contribution is 9.10. The molecular weight excluding hydrogens is 344 g/mol. The summed E-state index contributed by atoms with van der Waals surface area (Å²) in [6, 6.07) is 9.00. The van der Waals surface area contributed by atoms with Crippen LogP contribution in [0, 0.1) is 6.92 Å². The fourth-order valence-electron chi connectivity index (χ4n) is 2.54. The number of pyridine rings is 1. The number of fused-ring (bicyclic) bond motifs is 1. The zero-order chi connectivity index (χ0) is 15.9. The molecule has 2 heterocycles. The van der Waals surface area contributed by atoms with Crippen molar-refractivity contribution >= 4 is 27.4 Å². The van der Waals surface area contributed by atoms with Gasteiger partial charge >= 0.3 is 0 Å². The van der Waals surface area contributed by atoms with Crippen LogP contribution >= 0.6 is 15.9 Å². The molecule has 3 aromatic rings. The van der Waals surface area contributed by atoms with Gasteiger partial charge in [0.1, 0.15) is 17.1 Å². The van der Waals surface area contributed by atoms with Crippen molar-refractivity contribution in [3.8, 4) is 5.75 Å². The van der Waals surface area contributed by atoms with Gasteiger partial charge in [-0.1, -0.05) is 13.0 Å². The number of phenols is 1. The van der Waals surface area contributed by atoms with Crippen LogP contribution in [-0.2, 0) is 6.42 Å². The first-order valence-electron chi connectivity index (χ1n) is 7.02. The van der Waals surface area contributed by atoms with E-state index in [4.69, 9.17) is 0 Å². The Morgan fingerprint density at radius 1 is 1.36 bits per heavy atom. The molecule has 1 aromatic carbocycles. The van der Waals surface area contributed by atoms with Crippen molar-refractivity contribution in [1.82, 2.24) is 9.38 Å². The van der Waals surface area contributed by atoms with Gasteiger partial charge in [0.15, 0.2) is 0 Å². The van der Waals surface area contributed by atoms with Gasteiger partial charge in [-0.25, -0.2) is 4.98 Å². The summed E-state index contributed by atoms with van der Waals surface area (Å²) in [6.07, 6.45) is 2.53. The number of phenolic OH excluding ortho intramolecular Hbond substituents is 1. The number of aromatic nitrogens is 2. The lowest BCUT2D eigenvalue weighted by Gasteiger charge is -2.07. The Labute approximate surface area is 136 Å². The molecule has 4 nitrogen and oxygen atoms in total. The summed E-state index contributed by atoms with van der Waals surface area (Å²) in [4.78, 5) is 17.5. The summed E-state index contributed by atoms with van der Waals surface area (Å²) < 4.78 is 2.33. The molecule has 0 aliphatic carbocycles. The van der Waals surface area contributed by atoms with Gasteiger partial charge in [-0.05, 0) is 59.1 Å². The molecule has 0 bridgehead atoms. The Balaban J connectivity index is 2.21. The lowest BCUT2D eigenvalue weighted by atomic mass is 10.0. The number of rotatable bonds is 3. The maximum atomic E-state index is 13.0. The summed E-state index contributed by atoms with van der Waals surface area (Å²) >= 11 is 3.29. The van der Waals surface area contributed by atoms with Crippen LogP contribution in [0.1, 0.15) is 34.2 Å². The van der Waals surface area contributed by atoms with Crippen molar-refractivity contribution in [3.63, 3.8) is 0 Å². The molecule has 5 heteroatoms. The van der Waals surface area contributed by atoms with Crippen molar-refractivity contribution in [2.75, 3.05) is 0 Å². The van der Waals surface area contributed by atoms with Gasteiger partial charge in [0.05, 0.1) is 10.2 Å². The predicted octanol–water partition coefficient (Wildman–Crippen LogP) is 3.90. The minimum absolute atomic E-state index is 0.0978. The van der Waals surface area contributed by atoms with Crippen LogP contribution in [0.5, 0.6) is 5.75 Å². The summed E-state index contributed by atoms with van der Waals surface area (Å²) in [7, 11) is 0. The van der Waals surface area contributed by atoms with Crippen LogP contribution in [0.3, 0.4) is 0 Å². The SMILES string of the molecule is CCc1nc2ccccn2c1C(=O)c1cc(C)c(O)c(Br)c1. The molecule has 0 amide bonds. The molecule has 0 radical (unpaired) electrons. The first-order chi connectivity index (χ1) is 10.5. The molecular formula is C17H15BrN2O2. The highest BCUT2D eigenvalue weighted by Gasteiger charge is 2.20. The van der Waals surface area contributed by atoms with Crippen molar-refractivity contribution in [2.24, 2.45) is 0 Å². The van der Waals surface area contributed by atoms with Crippen LogP contribution in [0.15, 0.2) is 41.0 Å². The van der Waals surface area contributed by atoms with Crippen LogP contribution in [-0.4, -0.2) is 20.3 Å². The van der Waals surface area contributed by atoms with Crippen LogP contribution in [0.25, 0.3) is 5.65 Å². The topological polar surface area (TPSA) is 54.6 Å². The summed E-state index contributed by atoms with van der Waals surface area (Å²) in [6.45, 7) is 3.75. The maximum absolute atomic E-state index is 13.0. The van der Waals surface area contributed by atoms with Crippen LogP contribution < -0.4 is 0 Å². The van der Waals surface area contributed by atoms with E-state index in [1.165, 1.54) is 0 Å². The molecule has 0 saturated carbocycles. The largest absolute Gasteiger partial charge is 0.506 e. The molecule has 1 N–H and O–H groups in total. The van der Waals surface area contributed by atoms with Gasteiger partial charge in [0.2, 0.25) is 5.78 Å². The third-order valence-corrected chi connectivity index (χ3v) is 4.27. The van der Waals surface area contributed by atoms with E-state index in [1.807, 2.05) is 35.7 Å². The Morgan fingerprint density at radius 2 is 2.14 bits per heavy atom. The standard InChI is InChI=1S/C17H15BrN2O2/c1-3-13-15(20-7-5-4-6-14(20)19-13)17(22)11-8-10(2)16(21)12(18)9-11/h4-9,21H,3H2,1-2H3. The maximum Gasteiger partial charge on any atom is 0.211 e. The molecule has 0 fully saturated rings. The molecule has 0 unspecified atom stereocenters. The Kier molecular flexibility index (Phi) is 3.74. The van der Waals surface area contributed by atoms with Gasteiger partial charge in [-0.15, -0.1) is 0 Å². The number of hydrogen-bond acceptors (Lipinski definition) is 3. The van der Waals surface area contributed by atoms with Gasteiger partial charge in [0.25, 0.3) is 0 Å². The number of benzene rings is 1. The second kappa shape index (κ2) is 5.57. The molecule has 0 atom stereocenters. The number of carbonyl (C=O) groups excluding carboxylic acids is 1. The fourth-order valence-corrected chi connectivity index (χ4v) is 3.10. The third-order valence-electron chi connectivity index (χ3n) is 3.67. The van der Waals surface area contributed by atoms with Crippen molar-refractivity contribution in [2.45, 2.75) is 20.3 Å². The average molecular weight is 359 g/mol. The molecule has 112 valence electrons. The minimum atomic E-state index is -0.0978. The van der Waals surface area contributed by atoms with E-state index in [9.17, 15) is 9.90 Å². The number of carbonyl (C=O) groups is 1. The van der Waals surface area contributed by atoms with E-state index in [0.29, 0.717) is 27.7 Å². The number of imidazole rings is 1. The second-order valence-electron chi connectivity index (χ2n) is 5.14. The number of ketones is 1. The quantitative estimate of drug-likeness (QED) is 0.722. The number of nitrogens with zero attached hydrogens (tertiary/aromatic N) is 2. The first kappa shape index (κ1) is 14.8. The van der Waals surface area contributed by atoms with Gasteiger partial charge in [0, 0.05) is 11.8 Å². The number of halogens is 1. The second-order valence-corrected chi connectivity index (χ2v) is 6.00. The average Bonchev–Trinajstić information content (AvgIpc) is 2.89. The summed E-state index contributed by atoms with van der Waals surface area (Å²) in [5.74, 6) is 0.0600. The monoisotopic (exact) mass is 358 g/mol. The Bertz CT molecular complexity index is 860. The van der Waals surface area contributed by atoms with E-state index in [0.717, 1.165) is 11.3 Å². The minimum Gasteiger partial charge on any atom is -0.506 e. The van der Waals surface area contributed by atoms with Crippen LogP contribution in [0.4, 0.5) is 0 Å². The van der Waals surface area contributed by atoms with E-state index in [1.54, 1.807) is 19.1 Å². The van der Waals surface area contributed by atoms with Crippen molar-refractivity contribution in [1.29, 1.82) is 0 Å². The third kappa shape index (κ3) is 2.31. The number of hydrogen-bond donors (Lipinski definition) is 1. The highest BCUT2D eigenvalue weighted by atomic mass is 79.9. The molecule has 2 aromatic heterocycles. The predicted molar refractivity (Wildman–Crippen MR) is 88.5 cm³/mol. The first-order valence-corrected chi connectivity index (χ1v) is 7.82. The van der Waals surface area contributed by atoms with Crippen molar-refractivity contribution in [3.05, 3.63) is 63.5 Å². The lowest BCUT2D eigenvalue weighted by Crippen LogP contribution is -2.08. The molecule has 22 heavy (non-hydrogen) atoms. The fraction of sp³-hybridized carbons (Fsp3) is 0.176. The van der Waals surface area contributed by atoms with Gasteiger partial charge < -0.3 is 5.11 Å².